The lowest BCUT2D eigenvalue weighted by Gasteiger charge is -2.36. The summed E-state index contributed by atoms with van der Waals surface area (Å²) < 4.78 is 0. The maximum atomic E-state index is 12.1. The van der Waals surface area contributed by atoms with Crippen molar-refractivity contribution in [1.82, 2.24) is 10.2 Å². The van der Waals surface area contributed by atoms with Gasteiger partial charge in [0.1, 0.15) is 0 Å². The van der Waals surface area contributed by atoms with Crippen LogP contribution in [0.5, 0.6) is 0 Å². The van der Waals surface area contributed by atoms with Crippen LogP contribution in [0.1, 0.15) is 51.9 Å². The number of likely N-dealkylation sites (tertiary alicyclic amines) is 1. The average Bonchev–Trinajstić information content (AvgIpc) is 2.34. The van der Waals surface area contributed by atoms with Crippen LogP contribution in [0, 0.1) is 11.8 Å². The molecule has 2 amide bonds. The highest BCUT2D eigenvalue weighted by atomic mass is 16.4. The van der Waals surface area contributed by atoms with E-state index in [0.717, 1.165) is 32.4 Å². The molecule has 2 aliphatic rings. The molecule has 2 rings (SSSR count). The van der Waals surface area contributed by atoms with Crippen molar-refractivity contribution < 1.29 is 14.7 Å². The van der Waals surface area contributed by atoms with Gasteiger partial charge in [-0.1, -0.05) is 6.42 Å². The molecule has 1 atom stereocenters. The number of nitrogens with zero attached hydrogens (tertiary/aromatic N) is 1. The van der Waals surface area contributed by atoms with Gasteiger partial charge in [0, 0.05) is 25.6 Å². The van der Waals surface area contributed by atoms with Crippen molar-refractivity contribution in [2.75, 3.05) is 13.1 Å². The Morgan fingerprint density at radius 1 is 1.25 bits per heavy atom. The lowest BCUT2D eigenvalue weighted by Crippen LogP contribution is -2.49. The van der Waals surface area contributed by atoms with Gasteiger partial charge in [0.25, 0.3) is 0 Å². The molecule has 2 fully saturated rings. The van der Waals surface area contributed by atoms with Crippen LogP contribution in [0.15, 0.2) is 0 Å². The predicted octanol–water partition coefficient (Wildman–Crippen LogP) is 2.46. The number of carboxylic acid groups (broad SMARTS) is 1. The number of hydrogen-bond acceptors (Lipinski definition) is 2. The smallest absolute Gasteiger partial charge is 0.317 e. The van der Waals surface area contributed by atoms with Crippen LogP contribution in [0.2, 0.25) is 0 Å². The topological polar surface area (TPSA) is 69.6 Å². The summed E-state index contributed by atoms with van der Waals surface area (Å²) in [5.74, 6) is 0.394. The highest BCUT2D eigenvalue weighted by molar-refractivity contribution is 5.74. The highest BCUT2D eigenvalue weighted by Crippen LogP contribution is 2.29. The van der Waals surface area contributed by atoms with Crippen molar-refractivity contribution in [3.8, 4) is 0 Å². The monoisotopic (exact) mass is 282 g/mol. The standard InChI is InChI=1S/C15H26N2O3/c1-11(13-3-2-4-13)16-15(20)17-9-7-12(8-10-17)5-6-14(18)19/h11-13H,2-10H2,1H3,(H,16,20)(H,18,19). The molecule has 5 heteroatoms. The molecule has 0 spiro atoms. The molecule has 0 bridgehead atoms. The van der Waals surface area contributed by atoms with E-state index < -0.39 is 5.97 Å². The molecule has 0 radical (unpaired) electrons. The van der Waals surface area contributed by atoms with Gasteiger partial charge in [0.2, 0.25) is 0 Å². The minimum atomic E-state index is -0.723. The van der Waals surface area contributed by atoms with E-state index in [4.69, 9.17) is 5.11 Å². The Morgan fingerprint density at radius 3 is 2.40 bits per heavy atom. The van der Waals surface area contributed by atoms with Crippen molar-refractivity contribution >= 4 is 12.0 Å². The Hall–Kier alpha value is -1.26. The Morgan fingerprint density at radius 2 is 1.90 bits per heavy atom. The molecule has 2 N–H and O–H groups in total. The first kappa shape index (κ1) is 15.1. The van der Waals surface area contributed by atoms with Gasteiger partial charge in [-0.2, -0.15) is 0 Å². The molecule has 114 valence electrons. The second kappa shape index (κ2) is 6.95. The molecule has 1 saturated carbocycles. The van der Waals surface area contributed by atoms with Gasteiger partial charge in [0.15, 0.2) is 0 Å². The number of nitrogens with one attached hydrogen (secondary N) is 1. The molecule has 0 aromatic carbocycles. The molecular weight excluding hydrogens is 256 g/mol. The third-order valence-electron chi connectivity index (χ3n) is 4.88. The number of piperidine rings is 1. The third kappa shape index (κ3) is 4.12. The van der Waals surface area contributed by atoms with Crippen LogP contribution >= 0.6 is 0 Å². The Kier molecular flexibility index (Phi) is 5.26. The lowest BCUT2D eigenvalue weighted by atomic mass is 9.80. The van der Waals surface area contributed by atoms with Crippen LogP contribution in [0.3, 0.4) is 0 Å². The fraction of sp³-hybridized carbons (Fsp3) is 0.867. The molecule has 5 nitrogen and oxygen atoms in total. The van der Waals surface area contributed by atoms with Gasteiger partial charge in [0.05, 0.1) is 0 Å². The van der Waals surface area contributed by atoms with Gasteiger partial charge < -0.3 is 15.3 Å². The van der Waals surface area contributed by atoms with Gasteiger partial charge in [-0.25, -0.2) is 4.79 Å². The summed E-state index contributed by atoms with van der Waals surface area (Å²) in [5.41, 5.74) is 0. The van der Waals surface area contributed by atoms with E-state index in [1.807, 2.05) is 4.90 Å². The van der Waals surface area contributed by atoms with E-state index in [1.165, 1.54) is 19.3 Å². The quantitative estimate of drug-likeness (QED) is 0.813. The Labute approximate surface area is 120 Å². The van der Waals surface area contributed by atoms with E-state index in [2.05, 4.69) is 12.2 Å². The Balaban J connectivity index is 1.67. The van der Waals surface area contributed by atoms with E-state index in [0.29, 0.717) is 11.8 Å². The van der Waals surface area contributed by atoms with Gasteiger partial charge >= 0.3 is 12.0 Å². The van der Waals surface area contributed by atoms with Crippen molar-refractivity contribution in [3.63, 3.8) is 0 Å². The zero-order valence-electron chi connectivity index (χ0n) is 12.3. The summed E-state index contributed by atoms with van der Waals surface area (Å²) >= 11 is 0. The van der Waals surface area contributed by atoms with Gasteiger partial charge in [-0.3, -0.25) is 4.79 Å². The number of carbonyl (C=O) groups excluding carboxylic acids is 1. The summed E-state index contributed by atoms with van der Waals surface area (Å²) in [6, 6.07) is 0.335. The normalized spacial score (nSPS) is 22.1. The summed E-state index contributed by atoms with van der Waals surface area (Å²) in [6.45, 7) is 3.61. The van der Waals surface area contributed by atoms with Crippen LogP contribution in [-0.2, 0) is 4.79 Å². The number of hydrogen-bond donors (Lipinski definition) is 2. The van der Waals surface area contributed by atoms with E-state index >= 15 is 0 Å². The second-order valence-corrected chi connectivity index (χ2v) is 6.29. The number of carbonyl (C=O) groups is 2. The predicted molar refractivity (Wildman–Crippen MR) is 76.5 cm³/mol. The summed E-state index contributed by atoms with van der Waals surface area (Å²) in [7, 11) is 0. The van der Waals surface area contributed by atoms with Crippen molar-refractivity contribution in [2.24, 2.45) is 11.8 Å². The Bertz CT molecular complexity index is 347. The minimum absolute atomic E-state index is 0.0566. The number of rotatable bonds is 5. The number of aliphatic carboxylic acids is 1. The highest BCUT2D eigenvalue weighted by Gasteiger charge is 2.28. The molecule has 1 saturated heterocycles. The molecule has 1 heterocycles. The van der Waals surface area contributed by atoms with Gasteiger partial charge in [-0.05, 0) is 50.9 Å². The molecule has 1 aliphatic carbocycles. The largest absolute Gasteiger partial charge is 0.481 e. The third-order valence-corrected chi connectivity index (χ3v) is 4.88. The fourth-order valence-corrected chi connectivity index (χ4v) is 3.10. The SMILES string of the molecule is CC(NC(=O)N1CCC(CCC(=O)O)CC1)C1CCC1. The molecule has 1 unspecified atom stereocenters. The van der Waals surface area contributed by atoms with Crippen molar-refractivity contribution in [3.05, 3.63) is 0 Å². The number of urea groups is 1. The van der Waals surface area contributed by atoms with E-state index in [1.54, 1.807) is 0 Å². The van der Waals surface area contributed by atoms with Crippen LogP contribution in [-0.4, -0.2) is 41.1 Å². The molecule has 20 heavy (non-hydrogen) atoms. The molecular formula is C15H26N2O3. The van der Waals surface area contributed by atoms with Crippen LogP contribution in [0.4, 0.5) is 4.79 Å². The molecule has 0 aromatic heterocycles. The van der Waals surface area contributed by atoms with E-state index in [9.17, 15) is 9.59 Å². The van der Waals surface area contributed by atoms with Crippen LogP contribution in [0.25, 0.3) is 0 Å². The number of carboxylic acids is 1. The number of amides is 2. The van der Waals surface area contributed by atoms with Crippen molar-refractivity contribution in [2.45, 2.75) is 57.9 Å². The van der Waals surface area contributed by atoms with Crippen LogP contribution < -0.4 is 5.32 Å². The minimum Gasteiger partial charge on any atom is -0.481 e. The fourth-order valence-electron chi connectivity index (χ4n) is 3.10. The van der Waals surface area contributed by atoms with E-state index in [-0.39, 0.29) is 18.5 Å². The summed E-state index contributed by atoms with van der Waals surface area (Å²) in [4.78, 5) is 24.6. The second-order valence-electron chi connectivity index (χ2n) is 6.29. The first-order valence-electron chi connectivity index (χ1n) is 7.83. The summed E-state index contributed by atoms with van der Waals surface area (Å²) in [6.07, 6.45) is 6.60. The van der Waals surface area contributed by atoms with Crippen molar-refractivity contribution in [1.29, 1.82) is 0 Å². The first-order chi connectivity index (χ1) is 9.56. The molecule has 1 aliphatic heterocycles. The maximum absolute atomic E-state index is 12.1. The summed E-state index contributed by atoms with van der Waals surface area (Å²) in [5, 5.41) is 11.8. The maximum Gasteiger partial charge on any atom is 0.317 e. The molecule has 0 aromatic rings. The van der Waals surface area contributed by atoms with Gasteiger partial charge in [-0.15, -0.1) is 0 Å². The lowest BCUT2D eigenvalue weighted by molar-refractivity contribution is -0.137. The average molecular weight is 282 g/mol. The first-order valence-corrected chi connectivity index (χ1v) is 7.83. The zero-order valence-corrected chi connectivity index (χ0v) is 12.3. The zero-order chi connectivity index (χ0) is 14.5.